The van der Waals surface area contributed by atoms with Crippen molar-refractivity contribution in [2.24, 2.45) is 0 Å². The van der Waals surface area contributed by atoms with E-state index < -0.39 is 0 Å². The van der Waals surface area contributed by atoms with Crippen molar-refractivity contribution in [3.63, 3.8) is 0 Å². The van der Waals surface area contributed by atoms with Gasteiger partial charge in [-0.2, -0.15) is 29.9 Å². The second kappa shape index (κ2) is 34.6. The summed E-state index contributed by atoms with van der Waals surface area (Å²) < 4.78 is 23.8. The average molecular weight is 1490 g/mol. The molecule has 0 saturated heterocycles. The van der Waals surface area contributed by atoms with Gasteiger partial charge in [-0.1, -0.05) is 184 Å². The van der Waals surface area contributed by atoms with Crippen LogP contribution in [-0.2, 0) is 58.5 Å². The van der Waals surface area contributed by atoms with Crippen molar-refractivity contribution in [3.05, 3.63) is 219 Å². The minimum Gasteiger partial charge on any atom is -0.463 e. The van der Waals surface area contributed by atoms with Gasteiger partial charge in [0.25, 0.3) is 0 Å². The lowest BCUT2D eigenvalue weighted by Crippen LogP contribution is -2.34. The summed E-state index contributed by atoms with van der Waals surface area (Å²) in [4.78, 5) is 40.9. The van der Waals surface area contributed by atoms with E-state index >= 15 is 0 Å². The summed E-state index contributed by atoms with van der Waals surface area (Å²) in [6.07, 6.45) is 31.9. The molecule has 21 nitrogen and oxygen atoms in total. The molecule has 3 fully saturated rings. The Morgan fingerprint density at radius 2 is 0.685 bits per heavy atom. The molecule has 18 rings (SSSR count). The lowest BCUT2D eigenvalue weighted by atomic mass is 9.92. The molecule has 111 heavy (non-hydrogen) atoms. The monoisotopic (exact) mass is 1480 g/mol. The van der Waals surface area contributed by atoms with E-state index in [2.05, 4.69) is 226 Å². The lowest BCUT2D eigenvalue weighted by Gasteiger charge is -2.26. The average Bonchev–Trinajstić information content (AvgIpc) is 1.64. The zero-order chi connectivity index (χ0) is 75.6. The van der Waals surface area contributed by atoms with Crippen molar-refractivity contribution in [2.75, 3.05) is 37.0 Å². The number of fused-ring (bicyclic) bond motifs is 9. The predicted molar refractivity (Wildman–Crippen MR) is 443 cm³/mol. The fourth-order valence-corrected chi connectivity index (χ4v) is 15.6. The van der Waals surface area contributed by atoms with E-state index in [1.165, 1.54) is 148 Å². The Balaban J connectivity index is 0.000000126. The van der Waals surface area contributed by atoms with Gasteiger partial charge in [0.05, 0.1) is 39.5 Å². The van der Waals surface area contributed by atoms with E-state index in [0.717, 1.165) is 107 Å². The van der Waals surface area contributed by atoms with Crippen LogP contribution >= 0.6 is 0 Å². The molecule has 12 bridgehead atoms. The van der Waals surface area contributed by atoms with Crippen LogP contribution in [0.5, 0.6) is 18.0 Å². The van der Waals surface area contributed by atoms with Crippen molar-refractivity contribution in [1.82, 2.24) is 74.5 Å². The third-order valence-corrected chi connectivity index (χ3v) is 22.9. The van der Waals surface area contributed by atoms with Gasteiger partial charge in [0.15, 0.2) is 50.9 Å². The summed E-state index contributed by atoms with van der Waals surface area (Å²) in [5.41, 5.74) is 42.1. The third kappa shape index (κ3) is 17.8. The Morgan fingerprint density at radius 3 is 1.04 bits per heavy atom. The van der Waals surface area contributed by atoms with E-state index in [1.54, 1.807) is 0 Å². The predicted octanol–water partition coefficient (Wildman–Crippen LogP) is 16.3. The highest BCUT2D eigenvalue weighted by Crippen LogP contribution is 2.35. The molecule has 3 aliphatic heterocycles. The Labute approximate surface area is 650 Å². The van der Waals surface area contributed by atoms with Gasteiger partial charge >= 0.3 is 18.0 Å². The number of nitrogens with two attached hydrogens (primary N) is 3. The maximum atomic E-state index is 6.22. The van der Waals surface area contributed by atoms with E-state index in [-0.39, 0.29) is 0 Å². The maximum absolute atomic E-state index is 6.22. The van der Waals surface area contributed by atoms with Crippen LogP contribution in [0.4, 0.5) is 17.5 Å². The Kier molecular flexibility index (Phi) is 23.1. The molecule has 3 saturated carbocycles. The highest BCUT2D eigenvalue weighted by atomic mass is 16.5. The minimum atomic E-state index is 0.312. The van der Waals surface area contributed by atoms with Gasteiger partial charge in [0.1, 0.15) is 17.5 Å². The molecule has 0 amide bonds. The number of aryl methyl sites for hydroxylation is 4. The van der Waals surface area contributed by atoms with Crippen LogP contribution in [0.25, 0.3) is 66.9 Å². The summed E-state index contributed by atoms with van der Waals surface area (Å²) in [5.74, 6) is 3.66. The summed E-state index contributed by atoms with van der Waals surface area (Å²) in [5, 5.41) is 11.0. The second-order valence-corrected chi connectivity index (χ2v) is 30.9. The zero-order valence-electron chi connectivity index (χ0n) is 64.5. The van der Waals surface area contributed by atoms with Crippen molar-refractivity contribution in [3.8, 4) is 51.4 Å². The van der Waals surface area contributed by atoms with Crippen LogP contribution in [0.1, 0.15) is 177 Å². The first kappa shape index (κ1) is 74.2. The van der Waals surface area contributed by atoms with Crippen molar-refractivity contribution >= 4 is 50.9 Å². The SMILES string of the molecule is Cc1nc2c(N)nc3nc2n1Cc1ccc(-c2ccc(CNC4CCC4)cc2)c(c1)C/C=C/CCCO3.Cc1nc2c(N)nc3nc2n1Cc1ccc(-c2ccc(CNC4CCC4)cc2)c(c1)C/C=C\CCCO3.Cc1nc2c(N)nc3nc2n1Cc1ccc(-c2ccc(CNC4CCC4)cc2)c(c1)CCCCCCO3. The number of nitrogens with one attached hydrogen (secondary N) is 3. The van der Waals surface area contributed by atoms with E-state index in [4.69, 9.17) is 31.4 Å². The van der Waals surface area contributed by atoms with Gasteiger partial charge in [-0.15, -0.1) is 0 Å². The fraction of sp³-hybridized carbons (Fsp3) is 0.389. The Hall–Kier alpha value is -10.9. The number of nitrogen functional groups attached to an aromatic ring is 3. The van der Waals surface area contributed by atoms with Crippen molar-refractivity contribution in [1.29, 1.82) is 0 Å². The standard InChI is InChI=1S/C30H36N6O.2C30H34N6O/c3*1-20-33-27-28(31)34-30-35-29(27)36(20)19-22-12-15-26(24(17-22)7-4-2-3-5-16-37-30)23-13-10-21(11-14-23)18-32-25-8-6-9-25/h10-15,17,25,32H,2-9,16,18-19H2,1H3,(H2,31,34,35);2*2,4,10-15,17,25,32H,3,5-9,16,18-19H2,1H3,(H2,31,34,35)/b;4-2+;4-2-. The van der Waals surface area contributed by atoms with E-state index in [9.17, 15) is 0 Å². The van der Waals surface area contributed by atoms with Crippen LogP contribution in [0.3, 0.4) is 0 Å². The first-order valence-electron chi connectivity index (χ1n) is 40.4. The number of allylic oxidation sites excluding steroid dienone is 4. The van der Waals surface area contributed by atoms with Crippen LogP contribution in [-0.4, -0.2) is 96.5 Å². The smallest absolute Gasteiger partial charge is 0.320 e. The number of ether oxygens (including phenoxy) is 3. The third-order valence-electron chi connectivity index (χ3n) is 22.9. The first-order chi connectivity index (χ1) is 54.4. The number of rotatable bonds is 12. The zero-order valence-corrected chi connectivity index (χ0v) is 64.5. The van der Waals surface area contributed by atoms with Gasteiger partial charge in [0.2, 0.25) is 0 Å². The largest absolute Gasteiger partial charge is 0.463 e. The van der Waals surface area contributed by atoms with Gasteiger partial charge in [-0.25, -0.2) is 15.0 Å². The lowest BCUT2D eigenvalue weighted by molar-refractivity contribution is 0.283. The molecule has 0 unspecified atom stereocenters. The molecule has 0 spiro atoms. The molecular weight excluding hydrogens is 1380 g/mol. The van der Waals surface area contributed by atoms with Gasteiger partial charge < -0.3 is 61.1 Å². The molecule has 12 aromatic rings. The molecular formula is C90H104N18O3. The molecule has 0 atom stereocenters. The molecule has 6 aromatic carbocycles. The minimum absolute atomic E-state index is 0.312. The van der Waals surface area contributed by atoms with Crippen LogP contribution in [0, 0.1) is 20.8 Å². The molecule has 9 heterocycles. The number of hydrogen-bond donors (Lipinski definition) is 6. The van der Waals surface area contributed by atoms with Gasteiger partial charge in [-0.3, -0.25) is 0 Å². The van der Waals surface area contributed by atoms with Crippen molar-refractivity contribution < 1.29 is 14.2 Å². The van der Waals surface area contributed by atoms with Gasteiger partial charge in [-0.05, 0) is 201 Å². The van der Waals surface area contributed by atoms with Crippen LogP contribution in [0.2, 0.25) is 0 Å². The molecule has 6 aliphatic rings. The van der Waals surface area contributed by atoms with Gasteiger partial charge in [0, 0.05) is 37.8 Å². The van der Waals surface area contributed by atoms with Crippen molar-refractivity contribution in [2.45, 2.75) is 207 Å². The van der Waals surface area contributed by atoms with E-state index in [1.807, 2.05) is 20.8 Å². The topological polar surface area (TPSA) is 273 Å². The molecule has 21 heteroatoms. The number of hydrogen-bond acceptors (Lipinski definition) is 18. The number of aromatic nitrogens is 12. The summed E-state index contributed by atoms with van der Waals surface area (Å²) in [6.45, 7) is 12.5. The summed E-state index contributed by atoms with van der Waals surface area (Å²) in [6, 6.07) is 50.7. The van der Waals surface area contributed by atoms with Crippen LogP contribution < -0.4 is 47.4 Å². The number of anilines is 3. The maximum Gasteiger partial charge on any atom is 0.320 e. The molecule has 572 valence electrons. The highest BCUT2D eigenvalue weighted by molar-refractivity contribution is 5.85. The molecule has 0 radical (unpaired) electrons. The Morgan fingerprint density at radius 1 is 0.351 bits per heavy atom. The number of imidazole rings is 3. The Bertz CT molecular complexity index is 5080. The molecule has 6 aromatic heterocycles. The first-order valence-corrected chi connectivity index (χ1v) is 40.4. The summed E-state index contributed by atoms with van der Waals surface area (Å²) >= 11 is 0. The quantitative estimate of drug-likeness (QED) is 0.0620. The molecule has 9 N–H and O–H groups in total. The summed E-state index contributed by atoms with van der Waals surface area (Å²) in [7, 11) is 0. The number of nitrogens with zero attached hydrogens (tertiary/aromatic N) is 12. The van der Waals surface area contributed by atoms with Crippen LogP contribution in [0.15, 0.2) is 152 Å². The van der Waals surface area contributed by atoms with E-state index in [0.29, 0.717) is 121 Å². The fourth-order valence-electron chi connectivity index (χ4n) is 15.6. The normalized spacial score (nSPS) is 17.0. The second-order valence-electron chi connectivity index (χ2n) is 30.9. The highest BCUT2D eigenvalue weighted by Gasteiger charge is 2.24. The number of benzene rings is 6. The molecule has 3 aliphatic carbocycles.